The third-order valence-corrected chi connectivity index (χ3v) is 4.96. The summed E-state index contributed by atoms with van der Waals surface area (Å²) in [6, 6.07) is 8.26. The Morgan fingerprint density at radius 3 is 2.82 bits per heavy atom. The van der Waals surface area contributed by atoms with E-state index in [1.54, 1.807) is 24.5 Å². The van der Waals surface area contributed by atoms with Gasteiger partial charge in [0.1, 0.15) is 0 Å². The number of nitrogens with zero attached hydrogens (tertiary/aromatic N) is 3. The predicted molar refractivity (Wildman–Crippen MR) is 110 cm³/mol. The van der Waals surface area contributed by atoms with Crippen molar-refractivity contribution in [3.63, 3.8) is 0 Å². The number of anilines is 2. The van der Waals surface area contributed by atoms with Gasteiger partial charge in [0.2, 0.25) is 5.91 Å². The lowest BCUT2D eigenvalue weighted by Crippen LogP contribution is -2.22. The van der Waals surface area contributed by atoms with E-state index in [1.165, 1.54) is 29.2 Å². The van der Waals surface area contributed by atoms with Gasteiger partial charge in [-0.1, -0.05) is 19.8 Å². The number of benzene rings is 1. The van der Waals surface area contributed by atoms with Crippen LogP contribution in [0.5, 0.6) is 5.75 Å². The number of halogens is 1. The Balaban J connectivity index is 1.82. The standard InChI is InChI=1S/C21H22FN3O2S/c1-3-4-5-11-27-20-9-8-17(12-18(20)22)25(15(2)26)21-24-19(14-28-21)16-7-6-10-23-13-16/h6-10,12-14H,3-5,11H2,1-2H3. The maximum absolute atomic E-state index is 14.5. The highest BCUT2D eigenvalue weighted by molar-refractivity contribution is 7.14. The molecule has 0 aliphatic rings. The molecule has 0 radical (unpaired) electrons. The number of unbranched alkanes of at least 4 members (excludes halogenated alkanes) is 2. The Labute approximate surface area is 167 Å². The number of amides is 1. The van der Waals surface area contributed by atoms with Crippen LogP contribution in [0, 0.1) is 5.82 Å². The molecular weight excluding hydrogens is 377 g/mol. The van der Waals surface area contributed by atoms with Gasteiger partial charge in [-0.3, -0.25) is 14.7 Å². The third kappa shape index (κ3) is 4.72. The molecular formula is C21H22FN3O2S. The first-order valence-electron chi connectivity index (χ1n) is 9.19. The largest absolute Gasteiger partial charge is 0.491 e. The Morgan fingerprint density at radius 1 is 1.29 bits per heavy atom. The Morgan fingerprint density at radius 2 is 2.14 bits per heavy atom. The van der Waals surface area contributed by atoms with E-state index in [-0.39, 0.29) is 11.7 Å². The fraction of sp³-hybridized carbons (Fsp3) is 0.286. The van der Waals surface area contributed by atoms with E-state index < -0.39 is 5.82 Å². The number of carbonyl (C=O) groups excluding carboxylic acids is 1. The van der Waals surface area contributed by atoms with Crippen LogP contribution in [0.2, 0.25) is 0 Å². The first-order chi connectivity index (χ1) is 13.6. The molecule has 0 N–H and O–H groups in total. The second-order valence-electron chi connectivity index (χ2n) is 6.28. The summed E-state index contributed by atoms with van der Waals surface area (Å²) in [5.74, 6) is -0.550. The number of rotatable bonds is 8. The minimum absolute atomic E-state index is 0.193. The van der Waals surface area contributed by atoms with Gasteiger partial charge in [0.25, 0.3) is 0 Å². The highest BCUT2D eigenvalue weighted by atomic mass is 32.1. The van der Waals surface area contributed by atoms with E-state index in [1.807, 2.05) is 17.5 Å². The monoisotopic (exact) mass is 399 g/mol. The van der Waals surface area contributed by atoms with Crippen LogP contribution >= 0.6 is 11.3 Å². The third-order valence-electron chi connectivity index (χ3n) is 4.13. The topological polar surface area (TPSA) is 55.3 Å². The zero-order valence-corrected chi connectivity index (χ0v) is 16.7. The summed E-state index contributed by atoms with van der Waals surface area (Å²) < 4.78 is 20.0. The summed E-state index contributed by atoms with van der Waals surface area (Å²) in [6.07, 6.45) is 6.40. The van der Waals surface area contributed by atoms with Gasteiger partial charge in [-0.2, -0.15) is 0 Å². The summed E-state index contributed by atoms with van der Waals surface area (Å²) in [5.41, 5.74) is 1.99. The van der Waals surface area contributed by atoms with Gasteiger partial charge >= 0.3 is 0 Å². The Kier molecular flexibility index (Phi) is 6.71. The molecule has 28 heavy (non-hydrogen) atoms. The van der Waals surface area contributed by atoms with Gasteiger partial charge in [-0.15, -0.1) is 11.3 Å². The normalized spacial score (nSPS) is 10.7. The van der Waals surface area contributed by atoms with Crippen LogP contribution < -0.4 is 9.64 Å². The summed E-state index contributed by atoms with van der Waals surface area (Å²) >= 11 is 1.32. The van der Waals surface area contributed by atoms with Crippen molar-refractivity contribution in [3.8, 4) is 17.0 Å². The molecule has 5 nitrogen and oxygen atoms in total. The van der Waals surface area contributed by atoms with Gasteiger partial charge in [0, 0.05) is 36.3 Å². The molecule has 0 bridgehead atoms. The number of thiazole rings is 1. The quantitative estimate of drug-likeness (QED) is 0.463. The van der Waals surface area contributed by atoms with Gasteiger partial charge in [-0.05, 0) is 30.7 Å². The second-order valence-corrected chi connectivity index (χ2v) is 7.12. The van der Waals surface area contributed by atoms with Crippen LogP contribution in [0.1, 0.15) is 33.1 Å². The minimum atomic E-state index is -0.496. The molecule has 2 aromatic heterocycles. The van der Waals surface area contributed by atoms with Crippen molar-refractivity contribution in [2.75, 3.05) is 11.5 Å². The zero-order chi connectivity index (χ0) is 19.9. The molecule has 0 saturated heterocycles. The molecule has 2 heterocycles. The molecule has 1 amide bonds. The second kappa shape index (κ2) is 9.41. The Hall–Kier alpha value is -2.80. The van der Waals surface area contributed by atoms with Crippen molar-refractivity contribution in [1.29, 1.82) is 0 Å². The minimum Gasteiger partial charge on any atom is -0.491 e. The van der Waals surface area contributed by atoms with Crippen molar-refractivity contribution in [1.82, 2.24) is 9.97 Å². The molecule has 7 heteroatoms. The van der Waals surface area contributed by atoms with Crippen molar-refractivity contribution in [2.45, 2.75) is 33.1 Å². The van der Waals surface area contributed by atoms with Gasteiger partial charge < -0.3 is 4.74 Å². The molecule has 0 aliphatic heterocycles. The molecule has 0 saturated carbocycles. The molecule has 3 rings (SSSR count). The van der Waals surface area contributed by atoms with E-state index in [4.69, 9.17) is 4.74 Å². The van der Waals surface area contributed by atoms with E-state index in [9.17, 15) is 9.18 Å². The van der Waals surface area contributed by atoms with Crippen LogP contribution in [0.15, 0.2) is 48.1 Å². The predicted octanol–water partition coefficient (Wildman–Crippen LogP) is 5.60. The average molecular weight is 399 g/mol. The first kappa shape index (κ1) is 19.9. The summed E-state index contributed by atoms with van der Waals surface area (Å²) in [7, 11) is 0. The lowest BCUT2D eigenvalue weighted by Gasteiger charge is -2.19. The lowest BCUT2D eigenvalue weighted by molar-refractivity contribution is -0.115. The summed E-state index contributed by atoms with van der Waals surface area (Å²) in [6.45, 7) is 4.00. The fourth-order valence-corrected chi connectivity index (χ4v) is 3.62. The van der Waals surface area contributed by atoms with Crippen LogP contribution in [0.4, 0.5) is 15.2 Å². The Bertz CT molecular complexity index is 930. The number of carbonyl (C=O) groups is 1. The number of ether oxygens (including phenoxy) is 1. The smallest absolute Gasteiger partial charge is 0.230 e. The number of pyridine rings is 1. The molecule has 0 spiro atoms. The van der Waals surface area contributed by atoms with Gasteiger partial charge in [0.05, 0.1) is 18.0 Å². The maximum atomic E-state index is 14.5. The highest BCUT2D eigenvalue weighted by Gasteiger charge is 2.20. The van der Waals surface area contributed by atoms with Gasteiger partial charge in [-0.25, -0.2) is 9.37 Å². The van der Waals surface area contributed by atoms with Crippen molar-refractivity contribution in [3.05, 3.63) is 53.9 Å². The van der Waals surface area contributed by atoms with E-state index >= 15 is 0 Å². The maximum Gasteiger partial charge on any atom is 0.230 e. The highest BCUT2D eigenvalue weighted by Crippen LogP contribution is 2.34. The first-order valence-corrected chi connectivity index (χ1v) is 10.1. The van der Waals surface area contributed by atoms with Crippen molar-refractivity contribution < 1.29 is 13.9 Å². The zero-order valence-electron chi connectivity index (χ0n) is 15.9. The van der Waals surface area contributed by atoms with Crippen LogP contribution in [-0.2, 0) is 4.79 Å². The summed E-state index contributed by atoms with van der Waals surface area (Å²) in [5, 5.41) is 2.33. The fourth-order valence-electron chi connectivity index (χ4n) is 2.72. The number of hydrogen-bond donors (Lipinski definition) is 0. The summed E-state index contributed by atoms with van der Waals surface area (Å²) in [4.78, 5) is 22.3. The molecule has 146 valence electrons. The molecule has 0 fully saturated rings. The number of aromatic nitrogens is 2. The van der Waals surface area contributed by atoms with Gasteiger partial charge in [0.15, 0.2) is 16.7 Å². The van der Waals surface area contributed by atoms with E-state index in [2.05, 4.69) is 16.9 Å². The van der Waals surface area contributed by atoms with Crippen LogP contribution in [0.25, 0.3) is 11.3 Å². The van der Waals surface area contributed by atoms with Crippen molar-refractivity contribution in [2.24, 2.45) is 0 Å². The van der Waals surface area contributed by atoms with Crippen molar-refractivity contribution >= 4 is 28.1 Å². The average Bonchev–Trinajstić information content (AvgIpc) is 3.17. The number of hydrogen-bond acceptors (Lipinski definition) is 5. The molecule has 0 atom stereocenters. The van der Waals surface area contributed by atoms with E-state index in [0.717, 1.165) is 30.5 Å². The molecule has 1 aromatic carbocycles. The van der Waals surface area contributed by atoms with Crippen LogP contribution in [-0.4, -0.2) is 22.5 Å². The van der Waals surface area contributed by atoms with Crippen LogP contribution in [0.3, 0.4) is 0 Å². The molecule has 0 unspecified atom stereocenters. The molecule has 3 aromatic rings. The SMILES string of the molecule is CCCCCOc1ccc(N(C(C)=O)c2nc(-c3cccnc3)cs2)cc1F. The van der Waals surface area contributed by atoms with E-state index in [0.29, 0.717) is 17.4 Å². The molecule has 0 aliphatic carbocycles. The lowest BCUT2D eigenvalue weighted by atomic mass is 10.2.